The summed E-state index contributed by atoms with van der Waals surface area (Å²) in [6.45, 7) is 12.1. The van der Waals surface area contributed by atoms with Crippen LogP contribution in [0.5, 0.6) is 0 Å². The molecule has 43 heavy (non-hydrogen) atoms. The first-order valence-electron chi connectivity index (χ1n) is 15.2. The predicted molar refractivity (Wildman–Crippen MR) is 172 cm³/mol. The number of nitrogens with zero attached hydrogens (tertiary/aromatic N) is 7. The Hall–Kier alpha value is -4.31. The Kier molecular flexibility index (Phi) is 8.12. The van der Waals surface area contributed by atoms with Crippen molar-refractivity contribution in [3.05, 3.63) is 72.2 Å². The largest absolute Gasteiger partial charge is 0.369 e. The number of hydrogen-bond acceptors (Lipinski definition) is 9. The molecule has 2 N–H and O–H groups in total. The molecule has 2 saturated heterocycles. The fourth-order valence-electron chi connectivity index (χ4n) is 5.65. The van der Waals surface area contributed by atoms with Gasteiger partial charge < -0.3 is 25.3 Å². The van der Waals surface area contributed by atoms with E-state index in [1.807, 2.05) is 24.3 Å². The Morgan fingerprint density at radius 2 is 1.70 bits per heavy atom. The Labute approximate surface area is 253 Å². The SMILES string of the molecule is CN1CCN(c2ccc(Nc3nc(N4CCC[C@@H](NC(=O)c5ccc(C(C)(C)C)cn5)C4)nc4cccnc34)cc2)CC1. The van der Waals surface area contributed by atoms with Crippen LogP contribution in [-0.4, -0.2) is 83.1 Å². The molecule has 5 heterocycles. The highest BCUT2D eigenvalue weighted by atomic mass is 16.2. The summed E-state index contributed by atoms with van der Waals surface area (Å²) in [5.74, 6) is 1.14. The molecule has 2 aliphatic heterocycles. The minimum absolute atomic E-state index is 0.0109. The van der Waals surface area contributed by atoms with Crippen molar-refractivity contribution in [3.63, 3.8) is 0 Å². The number of anilines is 4. The van der Waals surface area contributed by atoms with Crippen LogP contribution < -0.4 is 20.4 Å². The lowest BCUT2D eigenvalue weighted by molar-refractivity contribution is 0.0928. The normalized spacial score (nSPS) is 18.1. The Morgan fingerprint density at radius 1 is 0.907 bits per heavy atom. The van der Waals surface area contributed by atoms with E-state index in [1.165, 1.54) is 5.69 Å². The van der Waals surface area contributed by atoms with Crippen molar-refractivity contribution >= 4 is 40.1 Å². The lowest BCUT2D eigenvalue weighted by atomic mass is 9.88. The van der Waals surface area contributed by atoms with E-state index in [1.54, 1.807) is 12.4 Å². The van der Waals surface area contributed by atoms with Gasteiger partial charge in [0.05, 0.1) is 5.52 Å². The van der Waals surface area contributed by atoms with Gasteiger partial charge in [0.25, 0.3) is 5.91 Å². The van der Waals surface area contributed by atoms with Crippen molar-refractivity contribution in [2.45, 2.75) is 45.1 Å². The number of carbonyl (C=O) groups excluding carboxylic acids is 1. The van der Waals surface area contributed by atoms with Crippen molar-refractivity contribution in [2.75, 3.05) is 61.4 Å². The summed E-state index contributed by atoms with van der Waals surface area (Å²) in [5, 5.41) is 6.68. The highest BCUT2D eigenvalue weighted by Crippen LogP contribution is 2.28. The minimum Gasteiger partial charge on any atom is -0.369 e. The van der Waals surface area contributed by atoms with Crippen LogP contribution in [0.1, 0.15) is 49.7 Å². The van der Waals surface area contributed by atoms with Crippen molar-refractivity contribution in [1.82, 2.24) is 30.2 Å². The molecule has 1 amide bonds. The van der Waals surface area contributed by atoms with Gasteiger partial charge in [-0.05, 0) is 73.3 Å². The quantitative estimate of drug-likeness (QED) is 0.339. The van der Waals surface area contributed by atoms with E-state index in [2.05, 4.69) is 87.4 Å². The van der Waals surface area contributed by atoms with Crippen LogP contribution in [0.2, 0.25) is 0 Å². The topological polar surface area (TPSA) is 102 Å². The summed E-state index contributed by atoms with van der Waals surface area (Å²) in [5.41, 5.74) is 5.20. The number of benzene rings is 1. The second kappa shape index (κ2) is 12.1. The maximum Gasteiger partial charge on any atom is 0.270 e. The molecule has 0 radical (unpaired) electrons. The fraction of sp³-hybridized carbons (Fsp3) is 0.424. The molecule has 10 nitrogen and oxygen atoms in total. The van der Waals surface area contributed by atoms with Gasteiger partial charge in [-0.25, -0.2) is 4.98 Å². The smallest absolute Gasteiger partial charge is 0.270 e. The third-order valence-electron chi connectivity index (χ3n) is 8.34. The molecule has 2 fully saturated rings. The average molecular weight is 580 g/mol. The fourth-order valence-corrected chi connectivity index (χ4v) is 5.65. The number of rotatable bonds is 6. The number of piperazine rings is 1. The first-order valence-corrected chi connectivity index (χ1v) is 15.2. The Morgan fingerprint density at radius 3 is 2.42 bits per heavy atom. The summed E-state index contributed by atoms with van der Waals surface area (Å²) >= 11 is 0. The molecular formula is C33H41N9O. The number of carbonyl (C=O) groups is 1. The van der Waals surface area contributed by atoms with E-state index >= 15 is 0 Å². The van der Waals surface area contributed by atoms with Gasteiger partial charge in [-0.15, -0.1) is 0 Å². The highest BCUT2D eigenvalue weighted by Gasteiger charge is 2.25. The van der Waals surface area contributed by atoms with Gasteiger partial charge in [0.2, 0.25) is 5.95 Å². The van der Waals surface area contributed by atoms with E-state index in [9.17, 15) is 4.79 Å². The number of nitrogens with one attached hydrogen (secondary N) is 2. The molecule has 0 bridgehead atoms. The number of aromatic nitrogens is 4. The third-order valence-corrected chi connectivity index (χ3v) is 8.34. The summed E-state index contributed by atoms with van der Waals surface area (Å²) in [6, 6.07) is 16.1. The number of amides is 1. The van der Waals surface area contributed by atoms with Gasteiger partial charge in [-0.3, -0.25) is 14.8 Å². The second-order valence-electron chi connectivity index (χ2n) is 12.6. The van der Waals surface area contributed by atoms with Gasteiger partial charge in [0.1, 0.15) is 11.2 Å². The first-order chi connectivity index (χ1) is 20.7. The summed E-state index contributed by atoms with van der Waals surface area (Å²) in [6.07, 6.45) is 5.38. The van der Waals surface area contributed by atoms with Crippen LogP contribution in [0.15, 0.2) is 60.9 Å². The zero-order valence-electron chi connectivity index (χ0n) is 25.5. The zero-order valence-corrected chi connectivity index (χ0v) is 25.5. The van der Waals surface area contributed by atoms with E-state index < -0.39 is 0 Å². The van der Waals surface area contributed by atoms with Crippen molar-refractivity contribution < 1.29 is 4.79 Å². The molecule has 1 aromatic carbocycles. The number of piperidine rings is 1. The molecular weight excluding hydrogens is 538 g/mol. The van der Waals surface area contributed by atoms with Crippen LogP contribution in [-0.2, 0) is 5.41 Å². The highest BCUT2D eigenvalue weighted by molar-refractivity contribution is 5.92. The summed E-state index contributed by atoms with van der Waals surface area (Å²) < 4.78 is 0. The Balaban J connectivity index is 1.17. The average Bonchev–Trinajstić information content (AvgIpc) is 3.01. The van der Waals surface area contributed by atoms with Crippen LogP contribution in [0.3, 0.4) is 0 Å². The molecule has 6 rings (SSSR count). The molecule has 1 atom stereocenters. The zero-order chi connectivity index (χ0) is 30.0. The van der Waals surface area contributed by atoms with Gasteiger partial charge in [-0.1, -0.05) is 26.8 Å². The molecule has 4 aromatic rings. The Bertz CT molecular complexity index is 1560. The minimum atomic E-state index is -0.154. The molecule has 0 aliphatic carbocycles. The van der Waals surface area contributed by atoms with E-state index in [-0.39, 0.29) is 17.4 Å². The number of likely N-dealkylation sites (N-methyl/N-ethyl adjacent to an activating group) is 1. The van der Waals surface area contributed by atoms with Gasteiger partial charge in [0.15, 0.2) is 5.82 Å². The van der Waals surface area contributed by atoms with E-state index in [0.717, 1.165) is 67.8 Å². The van der Waals surface area contributed by atoms with E-state index in [0.29, 0.717) is 24.0 Å². The maximum atomic E-state index is 13.0. The van der Waals surface area contributed by atoms with Crippen LogP contribution in [0, 0.1) is 0 Å². The number of pyridine rings is 2. The van der Waals surface area contributed by atoms with Crippen molar-refractivity contribution in [1.29, 1.82) is 0 Å². The first kappa shape index (κ1) is 28.8. The molecule has 10 heteroatoms. The standard InChI is InChI=1S/C33H41N9O/c1-33(2,3)23-9-14-28(35-21-23)31(43)37-25-7-6-16-42(22-25)32-38-27-8-5-15-34-29(27)30(39-32)36-24-10-12-26(13-11-24)41-19-17-40(4)18-20-41/h5,8-15,21,25H,6-7,16-20,22H2,1-4H3,(H,37,43)(H,36,38,39)/t25-/m1/s1. The van der Waals surface area contributed by atoms with Crippen LogP contribution in [0.4, 0.5) is 23.1 Å². The summed E-state index contributed by atoms with van der Waals surface area (Å²) in [4.78, 5) is 38.8. The van der Waals surface area contributed by atoms with E-state index in [4.69, 9.17) is 9.97 Å². The monoisotopic (exact) mass is 579 g/mol. The third kappa shape index (κ3) is 6.69. The number of hydrogen-bond donors (Lipinski definition) is 2. The van der Waals surface area contributed by atoms with Gasteiger partial charge >= 0.3 is 0 Å². The number of fused-ring (bicyclic) bond motifs is 1. The lowest BCUT2D eigenvalue weighted by Crippen LogP contribution is -2.48. The van der Waals surface area contributed by atoms with Gasteiger partial charge in [-0.2, -0.15) is 4.98 Å². The molecule has 0 saturated carbocycles. The van der Waals surface area contributed by atoms with Gasteiger partial charge in [0, 0.05) is 69.1 Å². The van der Waals surface area contributed by atoms with Crippen LogP contribution in [0.25, 0.3) is 11.0 Å². The molecule has 224 valence electrons. The molecule has 0 spiro atoms. The molecule has 0 unspecified atom stereocenters. The van der Waals surface area contributed by atoms with Crippen molar-refractivity contribution in [2.24, 2.45) is 0 Å². The lowest BCUT2D eigenvalue weighted by Gasteiger charge is -2.34. The van der Waals surface area contributed by atoms with Crippen LogP contribution >= 0.6 is 0 Å². The molecule has 3 aromatic heterocycles. The van der Waals surface area contributed by atoms with Crippen molar-refractivity contribution in [3.8, 4) is 0 Å². The second-order valence-corrected chi connectivity index (χ2v) is 12.6. The summed E-state index contributed by atoms with van der Waals surface area (Å²) in [7, 11) is 2.17. The molecule has 2 aliphatic rings. The maximum absolute atomic E-state index is 13.0. The predicted octanol–water partition coefficient (Wildman–Crippen LogP) is 4.61.